The van der Waals surface area contributed by atoms with Crippen molar-refractivity contribution in [3.63, 3.8) is 0 Å². The van der Waals surface area contributed by atoms with E-state index in [1.165, 1.54) is 0 Å². The fourth-order valence-corrected chi connectivity index (χ4v) is 5.32. The van der Waals surface area contributed by atoms with Crippen molar-refractivity contribution in [3.8, 4) is 11.5 Å². The molecule has 42 heavy (non-hydrogen) atoms. The van der Waals surface area contributed by atoms with Gasteiger partial charge < -0.3 is 29.0 Å². The first kappa shape index (κ1) is 29.0. The van der Waals surface area contributed by atoms with Crippen LogP contribution in [-0.2, 0) is 17.8 Å². The monoisotopic (exact) mass is 573 g/mol. The summed E-state index contributed by atoms with van der Waals surface area (Å²) in [5.41, 5.74) is 2.90. The number of fused-ring (bicyclic) bond motifs is 1. The number of carbonyl (C=O) groups is 1. The summed E-state index contributed by atoms with van der Waals surface area (Å²) in [6.45, 7) is 6.70. The van der Waals surface area contributed by atoms with E-state index in [0.717, 1.165) is 28.1 Å². The van der Waals surface area contributed by atoms with Crippen molar-refractivity contribution in [1.29, 1.82) is 0 Å². The minimum absolute atomic E-state index is 0.00431. The van der Waals surface area contributed by atoms with Crippen molar-refractivity contribution in [1.82, 2.24) is 19.4 Å². The molecule has 1 fully saturated rings. The molecule has 0 aliphatic heterocycles. The summed E-state index contributed by atoms with van der Waals surface area (Å²) >= 11 is 0. The average molecular weight is 574 g/mol. The molecule has 10 nitrogen and oxygen atoms in total. The zero-order valence-electron chi connectivity index (χ0n) is 25.1. The average Bonchev–Trinajstić information content (AvgIpc) is 3.27. The number of hydrogen-bond donors (Lipinski definition) is 1. The number of nitrogens with zero attached hydrogens (tertiary/aromatic N) is 4. The van der Waals surface area contributed by atoms with Crippen LogP contribution in [0.1, 0.15) is 50.8 Å². The highest BCUT2D eigenvalue weighted by Crippen LogP contribution is 2.38. The summed E-state index contributed by atoms with van der Waals surface area (Å²) in [6, 6.07) is 17.7. The fourth-order valence-electron chi connectivity index (χ4n) is 5.32. The lowest BCUT2D eigenvalue weighted by Gasteiger charge is -2.41. The van der Waals surface area contributed by atoms with Crippen LogP contribution in [0.3, 0.4) is 0 Å². The van der Waals surface area contributed by atoms with Crippen molar-refractivity contribution in [2.75, 3.05) is 26.2 Å². The highest BCUT2D eigenvalue weighted by molar-refractivity contribution is 5.86. The van der Waals surface area contributed by atoms with Gasteiger partial charge in [-0.3, -0.25) is 4.57 Å². The third kappa shape index (κ3) is 6.22. The molecule has 1 saturated carbocycles. The minimum Gasteiger partial charge on any atom is -0.497 e. The van der Waals surface area contributed by atoms with Gasteiger partial charge in [-0.15, -0.1) is 0 Å². The normalized spacial score (nSPS) is 16.5. The number of rotatable bonds is 9. The molecule has 0 bridgehead atoms. The van der Waals surface area contributed by atoms with E-state index in [1.807, 2.05) is 75.4 Å². The first-order valence-electron chi connectivity index (χ1n) is 14.1. The summed E-state index contributed by atoms with van der Waals surface area (Å²) in [6.07, 6.45) is 2.74. The van der Waals surface area contributed by atoms with Crippen LogP contribution in [0.2, 0.25) is 0 Å². The number of imidazole rings is 1. The van der Waals surface area contributed by atoms with Crippen molar-refractivity contribution in [2.24, 2.45) is 0 Å². The van der Waals surface area contributed by atoms with E-state index in [-0.39, 0.29) is 23.9 Å². The number of anilines is 1. The zero-order chi connectivity index (χ0) is 30.0. The van der Waals surface area contributed by atoms with E-state index < -0.39 is 5.60 Å². The second-order valence-corrected chi connectivity index (χ2v) is 11.8. The maximum Gasteiger partial charge on any atom is 0.410 e. The molecule has 0 unspecified atom stereocenters. The standard InChI is InChI=1S/C32H39N5O5/c1-32(2,3)42-31(39)35(4)23-17-24(18-23)37-27-15-16-33-29(28(27)34-30(37)38)36(19-21-7-11-25(40-5)12-8-21)20-22-9-13-26(41-6)14-10-22/h7-16,23-24H,17-20H2,1-6H3,(H,34,38). The highest BCUT2D eigenvalue weighted by Gasteiger charge is 2.38. The van der Waals surface area contributed by atoms with Gasteiger partial charge in [-0.2, -0.15) is 0 Å². The predicted octanol–water partition coefficient (Wildman–Crippen LogP) is 5.52. The topological polar surface area (TPSA) is 102 Å². The first-order valence-corrected chi connectivity index (χ1v) is 14.1. The van der Waals surface area contributed by atoms with Crippen LogP contribution < -0.4 is 20.1 Å². The van der Waals surface area contributed by atoms with Crippen molar-refractivity contribution >= 4 is 22.9 Å². The van der Waals surface area contributed by atoms with Crippen LogP contribution in [0.5, 0.6) is 11.5 Å². The Morgan fingerprint density at radius 1 is 0.952 bits per heavy atom. The third-order valence-electron chi connectivity index (χ3n) is 7.67. The number of nitrogens with one attached hydrogen (secondary N) is 1. The van der Waals surface area contributed by atoms with Crippen LogP contribution >= 0.6 is 0 Å². The van der Waals surface area contributed by atoms with Crippen molar-refractivity contribution in [3.05, 3.63) is 82.4 Å². The molecule has 0 radical (unpaired) electrons. The Hall–Kier alpha value is -4.47. The number of H-pyrrole nitrogens is 1. The fraction of sp³-hybridized carbons (Fsp3) is 0.406. The van der Waals surface area contributed by atoms with Crippen molar-refractivity contribution < 1.29 is 19.0 Å². The molecule has 1 N–H and O–H groups in total. The van der Waals surface area contributed by atoms with Gasteiger partial charge in [0, 0.05) is 38.4 Å². The third-order valence-corrected chi connectivity index (χ3v) is 7.67. The zero-order valence-corrected chi connectivity index (χ0v) is 25.1. The maximum absolute atomic E-state index is 13.3. The minimum atomic E-state index is -0.560. The van der Waals surface area contributed by atoms with Gasteiger partial charge in [0.25, 0.3) is 0 Å². The van der Waals surface area contributed by atoms with Gasteiger partial charge in [-0.05, 0) is 75.1 Å². The molecule has 5 rings (SSSR count). The van der Waals surface area contributed by atoms with Crippen LogP contribution in [0.4, 0.5) is 10.6 Å². The molecule has 222 valence electrons. The molecule has 2 heterocycles. The Kier molecular flexibility index (Phi) is 8.15. The van der Waals surface area contributed by atoms with Gasteiger partial charge in [-0.1, -0.05) is 24.3 Å². The van der Waals surface area contributed by atoms with Crippen LogP contribution in [0.15, 0.2) is 65.6 Å². The molecule has 4 aromatic rings. The number of benzene rings is 2. The maximum atomic E-state index is 13.3. The first-order chi connectivity index (χ1) is 20.1. The highest BCUT2D eigenvalue weighted by atomic mass is 16.6. The van der Waals surface area contributed by atoms with E-state index >= 15 is 0 Å². The van der Waals surface area contributed by atoms with E-state index in [9.17, 15) is 9.59 Å². The number of aromatic amines is 1. The van der Waals surface area contributed by atoms with E-state index in [4.69, 9.17) is 19.2 Å². The molecule has 1 aliphatic carbocycles. The van der Waals surface area contributed by atoms with Gasteiger partial charge in [0.15, 0.2) is 5.82 Å². The molecule has 0 spiro atoms. The SMILES string of the molecule is COc1ccc(CN(Cc2ccc(OC)cc2)c2nccc3c2[nH]c(=O)n3C2CC(N(C)C(=O)OC(C)(C)C)C2)cc1. The second-order valence-electron chi connectivity index (χ2n) is 11.8. The van der Waals surface area contributed by atoms with Gasteiger partial charge in [0.1, 0.15) is 22.6 Å². The molecule has 2 aromatic carbocycles. The van der Waals surface area contributed by atoms with Crippen LogP contribution in [0.25, 0.3) is 11.0 Å². The molecule has 1 amide bonds. The number of amides is 1. The summed E-state index contributed by atoms with van der Waals surface area (Å²) in [5, 5.41) is 0. The van der Waals surface area contributed by atoms with Gasteiger partial charge in [0.2, 0.25) is 0 Å². The lowest BCUT2D eigenvalue weighted by Crippen LogP contribution is -2.48. The molecule has 2 aromatic heterocycles. The van der Waals surface area contributed by atoms with Gasteiger partial charge >= 0.3 is 11.8 Å². The number of pyridine rings is 1. The number of carbonyl (C=O) groups excluding carboxylic acids is 1. The molecular weight excluding hydrogens is 534 g/mol. The van der Waals surface area contributed by atoms with Gasteiger partial charge in [0.05, 0.1) is 19.7 Å². The summed E-state index contributed by atoms with van der Waals surface area (Å²) in [7, 11) is 5.05. The van der Waals surface area contributed by atoms with Crippen LogP contribution in [0, 0.1) is 0 Å². The quantitative estimate of drug-likeness (QED) is 0.281. The van der Waals surface area contributed by atoms with E-state index in [0.29, 0.717) is 37.3 Å². The number of aromatic nitrogens is 3. The predicted molar refractivity (Wildman–Crippen MR) is 162 cm³/mol. The van der Waals surface area contributed by atoms with Gasteiger partial charge in [-0.25, -0.2) is 14.6 Å². The summed E-state index contributed by atoms with van der Waals surface area (Å²) in [4.78, 5) is 37.5. The Labute approximate surface area is 245 Å². The lowest BCUT2D eigenvalue weighted by molar-refractivity contribution is 0.00789. The largest absolute Gasteiger partial charge is 0.497 e. The Bertz CT molecular complexity index is 1530. The molecule has 10 heteroatoms. The van der Waals surface area contributed by atoms with Crippen molar-refractivity contribution in [2.45, 2.75) is 64.4 Å². The molecule has 1 aliphatic rings. The second kappa shape index (κ2) is 11.8. The number of ether oxygens (including phenoxy) is 3. The number of methoxy groups -OCH3 is 2. The summed E-state index contributed by atoms with van der Waals surface area (Å²) < 4.78 is 18.0. The lowest BCUT2D eigenvalue weighted by atomic mass is 9.85. The Morgan fingerprint density at radius 3 is 2.00 bits per heavy atom. The van der Waals surface area contributed by atoms with E-state index in [1.54, 1.807) is 36.9 Å². The van der Waals surface area contributed by atoms with E-state index in [2.05, 4.69) is 9.88 Å². The molecule has 0 saturated heterocycles. The molecular formula is C32H39N5O5. The smallest absolute Gasteiger partial charge is 0.410 e. The molecule has 0 atom stereocenters. The Balaban J connectivity index is 1.43. The number of hydrogen-bond acceptors (Lipinski definition) is 7. The van der Waals surface area contributed by atoms with Crippen LogP contribution in [-0.4, -0.2) is 58.4 Å². The summed E-state index contributed by atoms with van der Waals surface area (Å²) in [5.74, 6) is 2.27. The Morgan fingerprint density at radius 2 is 1.50 bits per heavy atom.